The number of anilines is 1. The monoisotopic (exact) mass is 246 g/mol. The maximum Gasteiger partial charge on any atom is 0.269 e. The number of nitrogens with zero attached hydrogens (tertiary/aromatic N) is 1. The van der Waals surface area contributed by atoms with Gasteiger partial charge in [-0.2, -0.15) is 5.26 Å². The summed E-state index contributed by atoms with van der Waals surface area (Å²) >= 11 is 0. The number of allylic oxidation sites excluding steroid dienone is 1. The van der Waals surface area contributed by atoms with Crippen LogP contribution in [0.3, 0.4) is 0 Å². The number of amides is 1. The molecule has 0 fully saturated rings. The molecular formula is C13H11FN2O2. The van der Waals surface area contributed by atoms with Crippen LogP contribution in [-0.4, -0.2) is 11.0 Å². The fourth-order valence-electron chi connectivity index (χ4n) is 1.21. The molecule has 92 valence electrons. The van der Waals surface area contributed by atoms with Gasteiger partial charge in [-0.25, -0.2) is 4.39 Å². The van der Waals surface area contributed by atoms with Gasteiger partial charge in [-0.15, -0.1) is 6.58 Å². The van der Waals surface area contributed by atoms with Gasteiger partial charge >= 0.3 is 0 Å². The highest BCUT2D eigenvalue weighted by molar-refractivity contribution is 6.06. The van der Waals surface area contributed by atoms with Crippen molar-refractivity contribution in [3.63, 3.8) is 0 Å². The fraction of sp³-hybridized carbons (Fsp3) is 0.0769. The molecule has 0 saturated carbocycles. The molecule has 0 heterocycles. The molecule has 18 heavy (non-hydrogen) atoms. The molecule has 0 atom stereocenters. The summed E-state index contributed by atoms with van der Waals surface area (Å²) in [5.74, 6) is -1.53. The smallest absolute Gasteiger partial charge is 0.269 e. The number of benzene rings is 1. The lowest BCUT2D eigenvalue weighted by molar-refractivity contribution is -0.112. The van der Waals surface area contributed by atoms with Gasteiger partial charge in [0.1, 0.15) is 17.6 Å². The molecule has 4 nitrogen and oxygen atoms in total. The third-order valence-corrected chi connectivity index (χ3v) is 2.07. The van der Waals surface area contributed by atoms with Gasteiger partial charge in [0.05, 0.1) is 0 Å². The van der Waals surface area contributed by atoms with E-state index < -0.39 is 11.7 Å². The number of aliphatic hydroxyl groups is 1. The van der Waals surface area contributed by atoms with Gasteiger partial charge in [-0.1, -0.05) is 6.08 Å². The van der Waals surface area contributed by atoms with E-state index in [0.29, 0.717) is 5.69 Å². The summed E-state index contributed by atoms with van der Waals surface area (Å²) in [5, 5.41) is 20.6. The van der Waals surface area contributed by atoms with E-state index in [4.69, 9.17) is 5.26 Å². The minimum atomic E-state index is -0.747. The first-order valence-electron chi connectivity index (χ1n) is 5.08. The van der Waals surface area contributed by atoms with Gasteiger partial charge in [0, 0.05) is 12.1 Å². The first-order valence-corrected chi connectivity index (χ1v) is 5.08. The second-order valence-corrected chi connectivity index (χ2v) is 3.39. The van der Waals surface area contributed by atoms with Crippen LogP contribution in [0.5, 0.6) is 0 Å². The number of nitriles is 1. The van der Waals surface area contributed by atoms with Crippen molar-refractivity contribution >= 4 is 11.6 Å². The molecule has 0 spiro atoms. The molecule has 1 aromatic rings. The van der Waals surface area contributed by atoms with Crippen LogP contribution in [0.4, 0.5) is 10.1 Å². The molecular weight excluding hydrogens is 235 g/mol. The van der Waals surface area contributed by atoms with Gasteiger partial charge in [-0.3, -0.25) is 4.79 Å². The average molecular weight is 246 g/mol. The lowest BCUT2D eigenvalue weighted by Gasteiger charge is -2.05. The Kier molecular flexibility index (Phi) is 4.64. The van der Waals surface area contributed by atoms with E-state index in [9.17, 15) is 14.3 Å². The van der Waals surface area contributed by atoms with Crippen molar-refractivity contribution in [1.82, 2.24) is 0 Å². The second kappa shape index (κ2) is 6.21. The molecule has 0 aliphatic rings. The molecule has 0 aliphatic carbocycles. The zero-order valence-corrected chi connectivity index (χ0v) is 9.48. The first kappa shape index (κ1) is 13.5. The number of halogens is 1. The molecule has 0 aromatic heterocycles. The van der Waals surface area contributed by atoms with Gasteiger partial charge in [0.2, 0.25) is 0 Å². The Morgan fingerprint density at radius 1 is 1.50 bits per heavy atom. The summed E-state index contributed by atoms with van der Waals surface area (Å²) in [5.41, 5.74) is -0.0558. The molecule has 0 saturated heterocycles. The van der Waals surface area contributed by atoms with Crippen molar-refractivity contribution in [3.05, 3.63) is 54.1 Å². The highest BCUT2D eigenvalue weighted by atomic mass is 19.1. The molecule has 1 aromatic carbocycles. The number of rotatable bonds is 4. The van der Waals surface area contributed by atoms with Gasteiger partial charge in [0.15, 0.2) is 5.57 Å². The largest absolute Gasteiger partial charge is 0.510 e. The highest BCUT2D eigenvalue weighted by Gasteiger charge is 2.14. The molecule has 0 bridgehead atoms. The van der Waals surface area contributed by atoms with Crippen LogP contribution in [0.1, 0.15) is 6.42 Å². The molecule has 2 N–H and O–H groups in total. The Hall–Kier alpha value is -2.61. The Balaban J connectivity index is 2.87. The van der Waals surface area contributed by atoms with E-state index in [1.165, 1.54) is 30.3 Å². The van der Waals surface area contributed by atoms with Gasteiger partial charge in [-0.05, 0) is 24.3 Å². The van der Waals surface area contributed by atoms with E-state index in [-0.39, 0.29) is 17.8 Å². The Morgan fingerprint density at radius 2 is 2.11 bits per heavy atom. The molecule has 1 amide bonds. The minimum Gasteiger partial charge on any atom is -0.510 e. The Morgan fingerprint density at radius 3 is 2.61 bits per heavy atom. The zero-order chi connectivity index (χ0) is 13.5. The summed E-state index contributed by atoms with van der Waals surface area (Å²) in [4.78, 5) is 11.7. The third kappa shape index (κ3) is 3.46. The number of hydrogen-bond donors (Lipinski definition) is 2. The second-order valence-electron chi connectivity index (χ2n) is 3.39. The van der Waals surface area contributed by atoms with Crippen molar-refractivity contribution in [3.8, 4) is 6.07 Å². The normalized spacial score (nSPS) is 11.1. The summed E-state index contributed by atoms with van der Waals surface area (Å²) in [6.07, 6.45) is 1.40. The predicted molar refractivity (Wildman–Crippen MR) is 65.1 cm³/mol. The van der Waals surface area contributed by atoms with E-state index in [1.54, 1.807) is 6.07 Å². The van der Waals surface area contributed by atoms with E-state index in [1.807, 2.05) is 0 Å². The minimum absolute atomic E-state index is 0.0275. The SMILES string of the molecule is C=CC/C(O)=C(\C#N)C(=O)Nc1ccc(F)cc1. The van der Waals surface area contributed by atoms with Crippen molar-refractivity contribution in [2.45, 2.75) is 6.42 Å². The lowest BCUT2D eigenvalue weighted by Crippen LogP contribution is -2.15. The number of carbonyl (C=O) groups is 1. The summed E-state index contributed by atoms with van der Waals surface area (Å²) in [6.45, 7) is 3.39. The van der Waals surface area contributed by atoms with E-state index in [2.05, 4.69) is 11.9 Å². The molecule has 0 aliphatic heterocycles. The third-order valence-electron chi connectivity index (χ3n) is 2.07. The van der Waals surface area contributed by atoms with Crippen LogP contribution >= 0.6 is 0 Å². The Labute approximate surface area is 104 Å². The Bertz CT molecular complexity index is 527. The standard InChI is InChI=1S/C13H11FN2O2/c1-2-3-12(17)11(8-15)13(18)16-10-6-4-9(14)5-7-10/h2,4-7,17H,1,3H2,(H,16,18)/b12-11-. The van der Waals surface area contributed by atoms with Crippen molar-refractivity contribution in [1.29, 1.82) is 5.26 Å². The lowest BCUT2D eigenvalue weighted by atomic mass is 10.2. The number of aliphatic hydroxyl groups excluding tert-OH is 1. The van der Waals surface area contributed by atoms with Gasteiger partial charge in [0.25, 0.3) is 5.91 Å². The van der Waals surface area contributed by atoms with Crippen LogP contribution in [0, 0.1) is 17.1 Å². The zero-order valence-electron chi connectivity index (χ0n) is 9.48. The topological polar surface area (TPSA) is 73.1 Å². The quantitative estimate of drug-likeness (QED) is 0.371. The van der Waals surface area contributed by atoms with E-state index in [0.717, 1.165) is 0 Å². The van der Waals surface area contributed by atoms with E-state index >= 15 is 0 Å². The number of hydrogen-bond acceptors (Lipinski definition) is 3. The molecule has 0 radical (unpaired) electrons. The van der Waals surface area contributed by atoms with Crippen LogP contribution < -0.4 is 5.32 Å². The predicted octanol–water partition coefficient (Wildman–Crippen LogP) is 2.68. The summed E-state index contributed by atoms with van der Waals surface area (Å²) in [6, 6.07) is 6.67. The first-order chi connectivity index (χ1) is 8.58. The molecule has 1 rings (SSSR count). The fourth-order valence-corrected chi connectivity index (χ4v) is 1.21. The van der Waals surface area contributed by atoms with Crippen LogP contribution in [-0.2, 0) is 4.79 Å². The van der Waals surface area contributed by atoms with Crippen LogP contribution in [0.25, 0.3) is 0 Å². The number of carbonyl (C=O) groups excluding carboxylic acids is 1. The molecule has 0 unspecified atom stereocenters. The maximum atomic E-state index is 12.7. The summed E-state index contributed by atoms with van der Waals surface area (Å²) < 4.78 is 12.7. The summed E-state index contributed by atoms with van der Waals surface area (Å²) in [7, 11) is 0. The van der Waals surface area contributed by atoms with Crippen molar-refractivity contribution < 1.29 is 14.3 Å². The van der Waals surface area contributed by atoms with Crippen LogP contribution in [0.2, 0.25) is 0 Å². The highest BCUT2D eigenvalue weighted by Crippen LogP contribution is 2.12. The van der Waals surface area contributed by atoms with Crippen molar-refractivity contribution in [2.24, 2.45) is 0 Å². The van der Waals surface area contributed by atoms with Gasteiger partial charge < -0.3 is 10.4 Å². The maximum absolute atomic E-state index is 12.7. The average Bonchev–Trinajstić information content (AvgIpc) is 2.33. The van der Waals surface area contributed by atoms with Crippen molar-refractivity contribution in [2.75, 3.05) is 5.32 Å². The molecule has 5 heteroatoms. The van der Waals surface area contributed by atoms with Crippen LogP contribution in [0.15, 0.2) is 48.3 Å². The number of nitrogens with one attached hydrogen (secondary N) is 1.